The fraction of sp³-hybridized carbons (Fsp3) is 0.417. The van der Waals surface area contributed by atoms with Crippen LogP contribution in [0.3, 0.4) is 0 Å². The van der Waals surface area contributed by atoms with Crippen LogP contribution in [0.4, 0.5) is 5.69 Å². The standard InChI is InChI=1S/C12H14Cl2N2O/c1-7-10(13)3-9(4-11(7)14)16-6-8(5-15)2-12(16)17/h3-4,8H,2,5-6,15H2,1H3. The van der Waals surface area contributed by atoms with Crippen LogP contribution in [0.2, 0.25) is 10.0 Å². The van der Waals surface area contributed by atoms with Crippen LogP contribution in [-0.4, -0.2) is 19.0 Å². The molecular formula is C12H14Cl2N2O. The molecule has 17 heavy (non-hydrogen) atoms. The van der Waals surface area contributed by atoms with Crippen molar-refractivity contribution in [3.63, 3.8) is 0 Å². The molecule has 3 nitrogen and oxygen atoms in total. The fourth-order valence-corrected chi connectivity index (χ4v) is 2.45. The van der Waals surface area contributed by atoms with Crippen LogP contribution in [-0.2, 0) is 4.79 Å². The Morgan fingerprint density at radius 1 is 1.41 bits per heavy atom. The van der Waals surface area contributed by atoms with Gasteiger partial charge in [-0.15, -0.1) is 0 Å². The fourth-order valence-electron chi connectivity index (χ4n) is 1.98. The van der Waals surface area contributed by atoms with Gasteiger partial charge in [-0.05, 0) is 37.1 Å². The van der Waals surface area contributed by atoms with E-state index in [4.69, 9.17) is 28.9 Å². The molecule has 1 aliphatic heterocycles. The Balaban J connectivity index is 2.32. The van der Waals surface area contributed by atoms with E-state index < -0.39 is 0 Å². The van der Waals surface area contributed by atoms with E-state index >= 15 is 0 Å². The topological polar surface area (TPSA) is 46.3 Å². The van der Waals surface area contributed by atoms with Crippen LogP contribution in [0.25, 0.3) is 0 Å². The highest BCUT2D eigenvalue weighted by Gasteiger charge is 2.30. The molecule has 0 aliphatic carbocycles. The predicted octanol–water partition coefficient (Wildman–Crippen LogP) is 2.61. The third-order valence-electron chi connectivity index (χ3n) is 3.12. The quantitative estimate of drug-likeness (QED) is 0.900. The Kier molecular flexibility index (Phi) is 3.61. The SMILES string of the molecule is Cc1c(Cl)cc(N2CC(CN)CC2=O)cc1Cl. The molecular weight excluding hydrogens is 259 g/mol. The van der Waals surface area contributed by atoms with Crippen LogP contribution in [0.5, 0.6) is 0 Å². The van der Waals surface area contributed by atoms with Crippen LogP contribution < -0.4 is 10.6 Å². The van der Waals surface area contributed by atoms with Gasteiger partial charge in [-0.2, -0.15) is 0 Å². The number of benzene rings is 1. The van der Waals surface area contributed by atoms with Gasteiger partial charge in [0, 0.05) is 28.7 Å². The zero-order valence-corrected chi connectivity index (χ0v) is 11.1. The number of carbonyl (C=O) groups is 1. The van der Waals surface area contributed by atoms with Crippen molar-refractivity contribution in [2.24, 2.45) is 11.7 Å². The minimum atomic E-state index is 0.0800. The van der Waals surface area contributed by atoms with Gasteiger partial charge in [0.25, 0.3) is 0 Å². The van der Waals surface area contributed by atoms with Crippen LogP contribution in [0.1, 0.15) is 12.0 Å². The second-order valence-electron chi connectivity index (χ2n) is 4.34. The molecule has 2 rings (SSSR count). The Morgan fingerprint density at radius 3 is 2.47 bits per heavy atom. The van der Waals surface area contributed by atoms with E-state index in [-0.39, 0.29) is 11.8 Å². The Labute approximate surface area is 110 Å². The summed E-state index contributed by atoms with van der Waals surface area (Å²) in [6.07, 6.45) is 0.500. The van der Waals surface area contributed by atoms with E-state index in [0.717, 1.165) is 11.3 Å². The number of amides is 1. The minimum absolute atomic E-state index is 0.0800. The number of rotatable bonds is 2. The first-order chi connectivity index (χ1) is 8.02. The number of hydrogen-bond donors (Lipinski definition) is 1. The first kappa shape index (κ1) is 12.7. The van der Waals surface area contributed by atoms with Gasteiger partial charge in [-0.25, -0.2) is 0 Å². The summed E-state index contributed by atoms with van der Waals surface area (Å²) in [7, 11) is 0. The second kappa shape index (κ2) is 4.84. The average Bonchev–Trinajstić information content (AvgIpc) is 2.67. The maximum atomic E-state index is 11.8. The number of anilines is 1. The first-order valence-corrected chi connectivity index (χ1v) is 6.24. The molecule has 0 bridgehead atoms. The van der Waals surface area contributed by atoms with Crippen LogP contribution in [0, 0.1) is 12.8 Å². The smallest absolute Gasteiger partial charge is 0.227 e. The minimum Gasteiger partial charge on any atom is -0.330 e. The molecule has 92 valence electrons. The molecule has 1 amide bonds. The molecule has 0 spiro atoms. The van der Waals surface area contributed by atoms with Gasteiger partial charge in [-0.3, -0.25) is 4.79 Å². The lowest BCUT2D eigenvalue weighted by molar-refractivity contribution is -0.117. The van der Waals surface area contributed by atoms with Gasteiger partial charge in [0.05, 0.1) is 0 Å². The maximum absolute atomic E-state index is 11.8. The Morgan fingerprint density at radius 2 is 2.00 bits per heavy atom. The van der Waals surface area contributed by atoms with E-state index in [1.165, 1.54) is 0 Å². The molecule has 1 aliphatic rings. The summed E-state index contributed by atoms with van der Waals surface area (Å²) < 4.78 is 0. The van der Waals surface area contributed by atoms with E-state index in [0.29, 0.717) is 29.6 Å². The van der Waals surface area contributed by atoms with E-state index in [1.54, 1.807) is 17.0 Å². The molecule has 1 heterocycles. The van der Waals surface area contributed by atoms with E-state index in [9.17, 15) is 4.79 Å². The summed E-state index contributed by atoms with van der Waals surface area (Å²) in [5.74, 6) is 0.304. The molecule has 1 aromatic rings. The molecule has 0 aromatic heterocycles. The first-order valence-electron chi connectivity index (χ1n) is 5.49. The number of nitrogens with two attached hydrogens (primary N) is 1. The lowest BCUT2D eigenvalue weighted by Gasteiger charge is -2.18. The van der Waals surface area contributed by atoms with Crippen molar-refractivity contribution in [3.05, 3.63) is 27.7 Å². The molecule has 1 saturated heterocycles. The molecule has 0 saturated carbocycles. The van der Waals surface area contributed by atoms with Crippen molar-refractivity contribution in [1.82, 2.24) is 0 Å². The number of nitrogens with zero attached hydrogens (tertiary/aromatic N) is 1. The molecule has 1 unspecified atom stereocenters. The summed E-state index contributed by atoms with van der Waals surface area (Å²) in [6, 6.07) is 3.55. The van der Waals surface area contributed by atoms with E-state index in [2.05, 4.69) is 0 Å². The molecule has 0 radical (unpaired) electrons. The van der Waals surface area contributed by atoms with Gasteiger partial charge < -0.3 is 10.6 Å². The summed E-state index contributed by atoms with van der Waals surface area (Å²) in [6.45, 7) is 3.02. The molecule has 2 N–H and O–H groups in total. The molecule has 1 atom stereocenters. The largest absolute Gasteiger partial charge is 0.330 e. The van der Waals surface area contributed by atoms with Gasteiger partial charge >= 0.3 is 0 Å². The van der Waals surface area contributed by atoms with Crippen molar-refractivity contribution in [1.29, 1.82) is 0 Å². The molecule has 1 aromatic carbocycles. The van der Waals surface area contributed by atoms with Crippen LogP contribution in [0.15, 0.2) is 12.1 Å². The number of carbonyl (C=O) groups excluding carboxylic acids is 1. The summed E-state index contributed by atoms with van der Waals surface area (Å²) in [4.78, 5) is 13.5. The highest BCUT2D eigenvalue weighted by molar-refractivity contribution is 6.36. The van der Waals surface area contributed by atoms with Gasteiger partial charge in [0.15, 0.2) is 0 Å². The van der Waals surface area contributed by atoms with Gasteiger partial charge in [0.2, 0.25) is 5.91 Å². The summed E-state index contributed by atoms with van der Waals surface area (Å²) in [5.41, 5.74) is 7.18. The van der Waals surface area contributed by atoms with Crippen molar-refractivity contribution in [2.75, 3.05) is 18.0 Å². The summed E-state index contributed by atoms with van der Waals surface area (Å²) >= 11 is 12.1. The lowest BCUT2D eigenvalue weighted by atomic mass is 10.1. The highest BCUT2D eigenvalue weighted by atomic mass is 35.5. The Bertz CT molecular complexity index is 439. The zero-order valence-electron chi connectivity index (χ0n) is 9.54. The average molecular weight is 273 g/mol. The number of hydrogen-bond acceptors (Lipinski definition) is 2. The third kappa shape index (κ3) is 2.41. The number of halogens is 2. The molecule has 5 heteroatoms. The van der Waals surface area contributed by atoms with Gasteiger partial charge in [0.1, 0.15) is 0 Å². The highest BCUT2D eigenvalue weighted by Crippen LogP contribution is 2.32. The normalized spacial score (nSPS) is 20.1. The van der Waals surface area contributed by atoms with Gasteiger partial charge in [-0.1, -0.05) is 23.2 Å². The van der Waals surface area contributed by atoms with Crippen LogP contribution >= 0.6 is 23.2 Å². The predicted molar refractivity (Wildman–Crippen MR) is 70.7 cm³/mol. The van der Waals surface area contributed by atoms with E-state index in [1.807, 2.05) is 6.92 Å². The second-order valence-corrected chi connectivity index (χ2v) is 5.16. The third-order valence-corrected chi connectivity index (χ3v) is 3.90. The monoisotopic (exact) mass is 272 g/mol. The van der Waals surface area contributed by atoms with Crippen molar-refractivity contribution in [2.45, 2.75) is 13.3 Å². The van der Waals surface area contributed by atoms with Crippen molar-refractivity contribution in [3.8, 4) is 0 Å². The van der Waals surface area contributed by atoms with Crippen molar-refractivity contribution < 1.29 is 4.79 Å². The summed E-state index contributed by atoms with van der Waals surface area (Å²) in [5, 5.41) is 1.16. The molecule has 1 fully saturated rings. The zero-order chi connectivity index (χ0) is 12.6. The Hall–Kier alpha value is -0.770. The van der Waals surface area contributed by atoms with Crippen molar-refractivity contribution >= 4 is 34.8 Å². The lowest BCUT2D eigenvalue weighted by Crippen LogP contribution is -2.25. The maximum Gasteiger partial charge on any atom is 0.227 e.